The van der Waals surface area contributed by atoms with Crippen LogP contribution in [0.4, 0.5) is 0 Å². The fourth-order valence-electron chi connectivity index (χ4n) is 1.82. The van der Waals surface area contributed by atoms with Crippen molar-refractivity contribution < 1.29 is 13.2 Å². The summed E-state index contributed by atoms with van der Waals surface area (Å²) < 4.78 is 26.6. The Balaban J connectivity index is 2.59. The van der Waals surface area contributed by atoms with E-state index in [-0.39, 0.29) is 17.3 Å². The first kappa shape index (κ1) is 17.6. The molecule has 1 aromatic rings. The van der Waals surface area contributed by atoms with Gasteiger partial charge in [-0.05, 0) is 39.6 Å². The number of rotatable bonds is 7. The van der Waals surface area contributed by atoms with Gasteiger partial charge in [0.2, 0.25) is 15.9 Å². The third kappa shape index (κ3) is 5.82. The monoisotopic (exact) mass is 313 g/mol. The average molecular weight is 313 g/mol. The normalized spacial score (nSPS) is 11.7. The molecule has 0 aliphatic rings. The molecule has 0 atom stereocenters. The summed E-state index contributed by atoms with van der Waals surface area (Å²) in [6.45, 7) is 4.56. The minimum absolute atomic E-state index is 0.203. The van der Waals surface area contributed by atoms with E-state index in [0.717, 1.165) is 5.56 Å². The Morgan fingerprint density at radius 1 is 1.24 bits per heavy atom. The third-order valence-electron chi connectivity index (χ3n) is 2.92. The van der Waals surface area contributed by atoms with Crippen LogP contribution in [0.15, 0.2) is 23.1 Å². The van der Waals surface area contributed by atoms with E-state index in [1.165, 1.54) is 0 Å². The van der Waals surface area contributed by atoms with Crippen LogP contribution in [0.25, 0.3) is 0 Å². The fourth-order valence-corrected chi connectivity index (χ4v) is 3.03. The summed E-state index contributed by atoms with van der Waals surface area (Å²) in [6.07, 6.45) is 0. The van der Waals surface area contributed by atoms with E-state index in [1.807, 2.05) is 25.9 Å². The quantitative estimate of drug-likeness (QED) is 0.757. The topological polar surface area (TPSA) is 78.5 Å². The van der Waals surface area contributed by atoms with Crippen molar-refractivity contribution >= 4 is 15.9 Å². The number of amides is 1. The van der Waals surface area contributed by atoms with Crippen LogP contribution < -0.4 is 10.0 Å². The predicted octanol–water partition coefficient (Wildman–Crippen LogP) is 0.260. The number of hydrogen-bond acceptors (Lipinski definition) is 4. The van der Waals surface area contributed by atoms with Crippen molar-refractivity contribution in [3.05, 3.63) is 29.3 Å². The van der Waals surface area contributed by atoms with Crippen molar-refractivity contribution in [2.45, 2.75) is 18.7 Å². The Bertz CT molecular complexity index is 597. The molecule has 0 spiro atoms. The number of nitrogens with zero attached hydrogens (tertiary/aromatic N) is 1. The average Bonchev–Trinajstić information content (AvgIpc) is 2.35. The number of sulfonamides is 1. The molecule has 0 saturated carbocycles. The Morgan fingerprint density at radius 2 is 1.90 bits per heavy atom. The lowest BCUT2D eigenvalue weighted by Gasteiger charge is -2.12. The number of benzene rings is 1. The molecule has 0 unspecified atom stereocenters. The molecule has 0 saturated heterocycles. The van der Waals surface area contributed by atoms with Crippen LogP contribution in [0, 0.1) is 13.8 Å². The first-order valence-corrected chi connectivity index (χ1v) is 8.19. The molecule has 6 nitrogen and oxygen atoms in total. The van der Waals surface area contributed by atoms with Gasteiger partial charge < -0.3 is 10.2 Å². The summed E-state index contributed by atoms with van der Waals surface area (Å²) in [5, 5.41) is 2.65. The number of likely N-dealkylation sites (N-methyl/N-ethyl adjacent to an activating group) is 1. The second kappa shape index (κ2) is 7.53. The van der Waals surface area contributed by atoms with Crippen LogP contribution in [0.1, 0.15) is 11.1 Å². The minimum atomic E-state index is -3.67. The van der Waals surface area contributed by atoms with E-state index in [0.29, 0.717) is 18.7 Å². The van der Waals surface area contributed by atoms with E-state index in [1.54, 1.807) is 25.1 Å². The Kier molecular flexibility index (Phi) is 6.32. The second-order valence-electron chi connectivity index (χ2n) is 5.25. The van der Waals surface area contributed by atoms with Crippen molar-refractivity contribution in [1.29, 1.82) is 0 Å². The van der Waals surface area contributed by atoms with Gasteiger partial charge in [0.15, 0.2) is 0 Å². The molecule has 0 aromatic heterocycles. The molecule has 118 valence electrons. The molecule has 2 N–H and O–H groups in total. The lowest BCUT2D eigenvalue weighted by molar-refractivity contribution is -0.119. The summed E-state index contributed by atoms with van der Waals surface area (Å²) in [5.74, 6) is -0.342. The molecule has 1 rings (SSSR count). The highest BCUT2D eigenvalue weighted by molar-refractivity contribution is 7.89. The number of aryl methyl sites for hydroxylation is 2. The van der Waals surface area contributed by atoms with Gasteiger partial charge in [0.1, 0.15) is 0 Å². The van der Waals surface area contributed by atoms with E-state index in [2.05, 4.69) is 10.0 Å². The highest BCUT2D eigenvalue weighted by Gasteiger charge is 2.17. The summed E-state index contributed by atoms with van der Waals surface area (Å²) in [7, 11) is 0.130. The second-order valence-corrected chi connectivity index (χ2v) is 6.98. The number of hydrogen-bond donors (Lipinski definition) is 2. The maximum atomic E-state index is 12.2. The van der Waals surface area contributed by atoms with Gasteiger partial charge in [-0.3, -0.25) is 4.79 Å². The lowest BCUT2D eigenvalue weighted by Crippen LogP contribution is -2.39. The fraction of sp³-hybridized carbons (Fsp3) is 0.500. The molecule has 21 heavy (non-hydrogen) atoms. The van der Waals surface area contributed by atoms with Crippen molar-refractivity contribution in [2.75, 3.05) is 33.7 Å². The summed E-state index contributed by atoms with van der Waals surface area (Å²) in [5.41, 5.74) is 1.66. The molecule has 0 bridgehead atoms. The molecular weight excluding hydrogens is 290 g/mol. The van der Waals surface area contributed by atoms with Crippen LogP contribution in [-0.2, 0) is 14.8 Å². The molecule has 0 aliphatic carbocycles. The summed E-state index contributed by atoms with van der Waals surface area (Å²) >= 11 is 0. The van der Waals surface area contributed by atoms with Crippen LogP contribution in [-0.4, -0.2) is 53.0 Å². The molecule has 0 fully saturated rings. The minimum Gasteiger partial charge on any atom is -0.354 e. The van der Waals surface area contributed by atoms with E-state index in [9.17, 15) is 13.2 Å². The van der Waals surface area contributed by atoms with Gasteiger partial charge in [-0.1, -0.05) is 17.7 Å². The smallest absolute Gasteiger partial charge is 0.241 e. The van der Waals surface area contributed by atoms with Crippen LogP contribution in [0.3, 0.4) is 0 Å². The first-order valence-electron chi connectivity index (χ1n) is 6.71. The molecule has 0 aliphatic heterocycles. The highest BCUT2D eigenvalue weighted by Crippen LogP contribution is 2.15. The predicted molar refractivity (Wildman–Crippen MR) is 82.7 cm³/mol. The third-order valence-corrected chi connectivity index (χ3v) is 4.49. The number of carbonyl (C=O) groups is 1. The molecule has 0 radical (unpaired) electrons. The van der Waals surface area contributed by atoms with Gasteiger partial charge in [-0.15, -0.1) is 0 Å². The van der Waals surface area contributed by atoms with Gasteiger partial charge in [-0.2, -0.15) is 0 Å². The Hall–Kier alpha value is -1.44. The van der Waals surface area contributed by atoms with Crippen molar-refractivity contribution in [3.8, 4) is 0 Å². The molecule has 0 heterocycles. The molecule has 1 aromatic carbocycles. The van der Waals surface area contributed by atoms with Crippen molar-refractivity contribution in [1.82, 2.24) is 14.9 Å². The van der Waals surface area contributed by atoms with Gasteiger partial charge in [0.25, 0.3) is 0 Å². The van der Waals surface area contributed by atoms with Gasteiger partial charge in [0, 0.05) is 13.1 Å². The number of nitrogens with one attached hydrogen (secondary N) is 2. The maximum Gasteiger partial charge on any atom is 0.241 e. The maximum absolute atomic E-state index is 12.2. The number of carbonyl (C=O) groups excluding carboxylic acids is 1. The van der Waals surface area contributed by atoms with Gasteiger partial charge >= 0.3 is 0 Å². The summed E-state index contributed by atoms with van der Waals surface area (Å²) in [6, 6.07) is 5.08. The van der Waals surface area contributed by atoms with E-state index < -0.39 is 10.0 Å². The summed E-state index contributed by atoms with van der Waals surface area (Å²) in [4.78, 5) is 13.7. The molecule has 1 amide bonds. The zero-order valence-corrected chi connectivity index (χ0v) is 13.8. The molecule has 7 heteroatoms. The van der Waals surface area contributed by atoms with Gasteiger partial charge in [0.05, 0.1) is 11.4 Å². The van der Waals surface area contributed by atoms with Crippen molar-refractivity contribution in [3.63, 3.8) is 0 Å². The Morgan fingerprint density at radius 3 is 2.48 bits per heavy atom. The van der Waals surface area contributed by atoms with Crippen LogP contribution >= 0.6 is 0 Å². The largest absolute Gasteiger partial charge is 0.354 e. The SMILES string of the molecule is Cc1ccc(S(=O)(=O)NCC(=O)NCCN(C)C)c(C)c1. The zero-order valence-electron chi connectivity index (χ0n) is 12.9. The highest BCUT2D eigenvalue weighted by atomic mass is 32.2. The standard InChI is InChI=1S/C14H23N3O3S/c1-11-5-6-13(12(2)9-11)21(19,20)16-10-14(18)15-7-8-17(3)4/h5-6,9,16H,7-8,10H2,1-4H3,(H,15,18). The first-order chi connectivity index (χ1) is 9.72. The molecular formula is C14H23N3O3S. The van der Waals surface area contributed by atoms with E-state index in [4.69, 9.17) is 0 Å². The van der Waals surface area contributed by atoms with Gasteiger partial charge in [-0.25, -0.2) is 13.1 Å². The van der Waals surface area contributed by atoms with E-state index >= 15 is 0 Å². The lowest BCUT2D eigenvalue weighted by atomic mass is 10.2. The van der Waals surface area contributed by atoms with Crippen LogP contribution in [0.2, 0.25) is 0 Å². The zero-order chi connectivity index (χ0) is 16.0. The Labute approximate surface area is 126 Å². The van der Waals surface area contributed by atoms with Crippen molar-refractivity contribution in [2.24, 2.45) is 0 Å². The van der Waals surface area contributed by atoms with Crippen LogP contribution in [0.5, 0.6) is 0 Å².